The highest BCUT2D eigenvalue weighted by molar-refractivity contribution is 5.78. The third-order valence-electron chi connectivity index (χ3n) is 9.70. The lowest BCUT2D eigenvalue weighted by molar-refractivity contribution is -0.148. The molecule has 3 unspecified atom stereocenters. The van der Waals surface area contributed by atoms with Crippen LogP contribution in [0.25, 0.3) is 0 Å². The van der Waals surface area contributed by atoms with Gasteiger partial charge in [-0.15, -0.1) is 0 Å². The summed E-state index contributed by atoms with van der Waals surface area (Å²) in [6.07, 6.45) is 55.3. The van der Waals surface area contributed by atoms with Crippen LogP contribution in [-0.2, 0) is 14.3 Å². The number of hydrogen-bond donors (Lipinski definition) is 3. The summed E-state index contributed by atoms with van der Waals surface area (Å²) in [7, 11) is 0. The molecule has 0 bridgehead atoms. The zero-order valence-electron chi connectivity index (χ0n) is 36.2. The van der Waals surface area contributed by atoms with Gasteiger partial charge in [0.2, 0.25) is 5.91 Å². The molecule has 0 aliphatic heterocycles. The van der Waals surface area contributed by atoms with Crippen LogP contribution in [0.3, 0.4) is 0 Å². The van der Waals surface area contributed by atoms with Gasteiger partial charge >= 0.3 is 5.97 Å². The van der Waals surface area contributed by atoms with E-state index in [2.05, 4.69) is 99.0 Å². The zero-order valence-corrected chi connectivity index (χ0v) is 36.2. The minimum atomic E-state index is -0.822. The average molecular weight is 780 g/mol. The molecule has 0 spiro atoms. The maximum absolute atomic E-state index is 13.1. The number of unbranched alkanes of at least 4 members (excludes halogenated alkanes) is 15. The molecule has 6 heteroatoms. The van der Waals surface area contributed by atoms with Crippen LogP contribution in [0.2, 0.25) is 0 Å². The fraction of sp³-hybridized carbons (Fsp3) is 0.680. The van der Waals surface area contributed by atoms with Gasteiger partial charge in [-0.3, -0.25) is 9.59 Å². The lowest BCUT2D eigenvalue weighted by atomic mass is 10.0. The number of rotatable bonds is 39. The molecule has 0 aromatic rings. The predicted octanol–water partition coefficient (Wildman–Crippen LogP) is 13.2. The number of nitrogens with one attached hydrogen (secondary N) is 1. The summed E-state index contributed by atoms with van der Waals surface area (Å²) < 4.78 is 5.78. The maximum Gasteiger partial charge on any atom is 0.306 e. The Labute approximate surface area is 344 Å². The lowest BCUT2D eigenvalue weighted by Gasteiger charge is -2.23. The Kier molecular flexibility index (Phi) is 40.9. The van der Waals surface area contributed by atoms with E-state index in [1.54, 1.807) is 6.08 Å². The first-order valence-corrected chi connectivity index (χ1v) is 22.8. The van der Waals surface area contributed by atoms with E-state index in [1.165, 1.54) is 64.2 Å². The van der Waals surface area contributed by atoms with Gasteiger partial charge in [-0.25, -0.2) is 0 Å². The van der Waals surface area contributed by atoms with E-state index in [4.69, 9.17) is 4.74 Å². The van der Waals surface area contributed by atoms with Gasteiger partial charge in [0, 0.05) is 6.42 Å². The monoisotopic (exact) mass is 780 g/mol. The number of carbonyl (C=O) groups is 2. The van der Waals surface area contributed by atoms with Crippen LogP contribution in [0.4, 0.5) is 0 Å². The van der Waals surface area contributed by atoms with Crippen LogP contribution in [0, 0.1) is 0 Å². The Bertz CT molecular complexity index is 1100. The number of carbonyl (C=O) groups excluding carboxylic acids is 2. The average Bonchev–Trinajstić information content (AvgIpc) is 3.19. The summed E-state index contributed by atoms with van der Waals surface area (Å²) in [6.45, 7) is 6.25. The highest BCUT2D eigenvalue weighted by Gasteiger charge is 2.23. The first kappa shape index (κ1) is 53.0. The molecule has 56 heavy (non-hydrogen) atoms. The van der Waals surface area contributed by atoms with Crippen LogP contribution in [0.15, 0.2) is 85.1 Å². The van der Waals surface area contributed by atoms with E-state index in [1.807, 2.05) is 6.08 Å². The molecule has 0 saturated heterocycles. The molecule has 0 aromatic carbocycles. The maximum atomic E-state index is 13.1. The van der Waals surface area contributed by atoms with Crippen LogP contribution in [0.1, 0.15) is 194 Å². The lowest BCUT2D eigenvalue weighted by Crippen LogP contribution is -2.46. The molecule has 0 heterocycles. The third-order valence-corrected chi connectivity index (χ3v) is 9.70. The summed E-state index contributed by atoms with van der Waals surface area (Å²) >= 11 is 0. The first-order chi connectivity index (χ1) is 27.5. The number of hydrogen-bond acceptors (Lipinski definition) is 5. The number of amides is 1. The second-order valence-corrected chi connectivity index (χ2v) is 15.1. The quantitative estimate of drug-likeness (QED) is 0.0328. The van der Waals surface area contributed by atoms with Gasteiger partial charge in [-0.2, -0.15) is 0 Å². The third kappa shape index (κ3) is 37.9. The topological polar surface area (TPSA) is 95.9 Å². The predicted molar refractivity (Wildman–Crippen MR) is 241 cm³/mol. The van der Waals surface area contributed by atoms with Crippen LogP contribution in [-0.4, -0.2) is 46.9 Å². The van der Waals surface area contributed by atoms with Crippen molar-refractivity contribution in [2.75, 3.05) is 6.61 Å². The Morgan fingerprint density at radius 1 is 0.554 bits per heavy atom. The van der Waals surface area contributed by atoms with Crippen molar-refractivity contribution in [1.82, 2.24) is 5.32 Å². The number of ether oxygens (including phenoxy) is 1. The van der Waals surface area contributed by atoms with E-state index in [0.717, 1.165) is 83.5 Å². The Hall–Kier alpha value is -2.96. The minimum Gasteiger partial charge on any atom is -0.458 e. The second kappa shape index (κ2) is 43.2. The molecular formula is C50H85NO5. The second-order valence-electron chi connectivity index (χ2n) is 15.1. The van der Waals surface area contributed by atoms with Gasteiger partial charge in [0.15, 0.2) is 0 Å². The summed E-state index contributed by atoms with van der Waals surface area (Å²) in [6, 6.07) is -0.745. The van der Waals surface area contributed by atoms with E-state index in [-0.39, 0.29) is 24.9 Å². The van der Waals surface area contributed by atoms with E-state index in [9.17, 15) is 19.8 Å². The van der Waals surface area contributed by atoms with Gasteiger partial charge < -0.3 is 20.3 Å². The fourth-order valence-electron chi connectivity index (χ4n) is 6.23. The van der Waals surface area contributed by atoms with Crippen LogP contribution >= 0.6 is 0 Å². The van der Waals surface area contributed by atoms with Gasteiger partial charge in [0.25, 0.3) is 0 Å². The van der Waals surface area contributed by atoms with Crippen molar-refractivity contribution < 1.29 is 24.5 Å². The molecular weight excluding hydrogens is 695 g/mol. The molecule has 0 saturated carbocycles. The van der Waals surface area contributed by atoms with Crippen LogP contribution in [0.5, 0.6) is 0 Å². The highest BCUT2D eigenvalue weighted by atomic mass is 16.5. The smallest absolute Gasteiger partial charge is 0.306 e. The van der Waals surface area contributed by atoms with Crippen molar-refractivity contribution in [1.29, 1.82) is 0 Å². The fourth-order valence-corrected chi connectivity index (χ4v) is 6.23. The molecule has 0 aromatic heterocycles. The Balaban J connectivity index is 4.84. The zero-order chi connectivity index (χ0) is 41.0. The largest absolute Gasteiger partial charge is 0.458 e. The summed E-state index contributed by atoms with van der Waals surface area (Å²) in [4.78, 5) is 25.9. The van der Waals surface area contributed by atoms with Crippen molar-refractivity contribution >= 4 is 11.9 Å². The molecule has 320 valence electrons. The molecule has 0 fully saturated rings. The minimum absolute atomic E-state index is 0.0546. The molecule has 0 radical (unpaired) electrons. The van der Waals surface area contributed by atoms with Crippen molar-refractivity contribution in [3.05, 3.63) is 85.1 Å². The molecule has 0 rings (SSSR count). The summed E-state index contributed by atoms with van der Waals surface area (Å²) in [5, 5.41) is 23.5. The number of aliphatic hydroxyl groups excluding tert-OH is 2. The first-order valence-electron chi connectivity index (χ1n) is 22.8. The van der Waals surface area contributed by atoms with Gasteiger partial charge in [0.05, 0.1) is 25.2 Å². The van der Waals surface area contributed by atoms with Crippen molar-refractivity contribution in [3.63, 3.8) is 0 Å². The molecule has 3 atom stereocenters. The Morgan fingerprint density at radius 3 is 1.55 bits per heavy atom. The molecule has 0 aliphatic rings. The van der Waals surface area contributed by atoms with E-state index >= 15 is 0 Å². The number of esters is 1. The van der Waals surface area contributed by atoms with E-state index < -0.39 is 18.2 Å². The highest BCUT2D eigenvalue weighted by Crippen LogP contribution is 2.14. The number of allylic oxidation sites excluding steroid dienone is 13. The molecule has 6 nitrogen and oxygen atoms in total. The Morgan fingerprint density at radius 2 is 1.02 bits per heavy atom. The number of aliphatic hydroxyl groups is 2. The van der Waals surface area contributed by atoms with Crippen LogP contribution < -0.4 is 5.32 Å². The van der Waals surface area contributed by atoms with Crippen molar-refractivity contribution in [2.24, 2.45) is 0 Å². The molecule has 0 aliphatic carbocycles. The van der Waals surface area contributed by atoms with Gasteiger partial charge in [-0.1, -0.05) is 190 Å². The van der Waals surface area contributed by atoms with Gasteiger partial charge in [-0.05, 0) is 76.7 Å². The van der Waals surface area contributed by atoms with Crippen molar-refractivity contribution in [3.8, 4) is 0 Å². The summed E-state index contributed by atoms with van der Waals surface area (Å²) in [5.74, 6) is -0.651. The standard InChI is InChI=1S/C50H85NO5/c1-4-7-10-13-16-19-21-22-23-24-25-26-28-30-32-35-38-41-46(56-50(55)43-40-37-34-31-27-20-17-14-11-8-5-2)44-49(54)51-47(45-52)48(53)42-39-36-33-29-18-15-12-9-6-3/h7,10,14,16-17,19,22-23,25-26,30,32,38,41,46-48,52-53H,4-6,8-9,11-13,15,18,20-21,24,27-29,31,33-37,39-40,42-45H2,1-3H3,(H,51,54)/b10-7-,17-14-,19-16-,23-22-,26-25-,32-30-,41-38-. The molecule has 1 amide bonds. The molecule has 3 N–H and O–H groups in total. The van der Waals surface area contributed by atoms with Crippen molar-refractivity contribution in [2.45, 2.75) is 212 Å². The van der Waals surface area contributed by atoms with E-state index in [0.29, 0.717) is 19.3 Å². The van der Waals surface area contributed by atoms with Gasteiger partial charge in [0.1, 0.15) is 6.10 Å². The SMILES string of the molecule is CC/C=C\C/C=C\C/C=C\C/C=C\C/C=C\C/C=C\C(CC(=O)NC(CO)C(O)CCCCCCCCCCC)OC(=O)CCCCCCC/C=C\CCCC. The normalized spacial score (nSPS) is 14.2. The summed E-state index contributed by atoms with van der Waals surface area (Å²) in [5.41, 5.74) is 0.